The Morgan fingerprint density at radius 3 is 2.17 bits per heavy atom. The molecule has 0 aliphatic carbocycles. The molecule has 0 fully saturated rings. The number of aromatic nitrogens is 4. The van der Waals surface area contributed by atoms with Crippen LogP contribution < -0.4 is 4.72 Å². The molecule has 0 saturated heterocycles. The van der Waals surface area contributed by atoms with Crippen LogP contribution in [0.1, 0.15) is 11.1 Å². The summed E-state index contributed by atoms with van der Waals surface area (Å²) < 4.78 is 94.5. The third-order valence-corrected chi connectivity index (χ3v) is 8.44. The van der Waals surface area contributed by atoms with Gasteiger partial charge < -0.3 is 0 Å². The van der Waals surface area contributed by atoms with Gasteiger partial charge in [0.15, 0.2) is 0 Å². The minimum Gasteiger partial charge on any atom is -0.219 e. The van der Waals surface area contributed by atoms with Crippen molar-refractivity contribution in [1.29, 1.82) is 0 Å². The zero-order valence-corrected chi connectivity index (χ0v) is 19.9. The van der Waals surface area contributed by atoms with Gasteiger partial charge in [-0.1, -0.05) is 42.5 Å². The van der Waals surface area contributed by atoms with Gasteiger partial charge in [-0.15, -0.1) is 10.2 Å². The van der Waals surface area contributed by atoms with Crippen molar-refractivity contribution < 1.29 is 30.0 Å². The number of aromatic amines is 1. The van der Waals surface area contributed by atoms with Gasteiger partial charge in [-0.2, -0.15) is 18.4 Å². The zero-order chi connectivity index (χ0) is 26.0. The number of sulfone groups is 1. The highest BCUT2D eigenvalue weighted by atomic mass is 32.2. The van der Waals surface area contributed by atoms with E-state index >= 15 is 0 Å². The van der Waals surface area contributed by atoms with Crippen molar-refractivity contribution in [2.75, 3.05) is 6.54 Å². The summed E-state index contributed by atoms with van der Waals surface area (Å²) in [5.41, 5.74) is -0.104. The van der Waals surface area contributed by atoms with Crippen molar-refractivity contribution in [1.82, 2.24) is 25.3 Å². The summed E-state index contributed by atoms with van der Waals surface area (Å²) in [5, 5.41) is 13.5. The minimum absolute atomic E-state index is 0.162. The van der Waals surface area contributed by atoms with Gasteiger partial charge in [0, 0.05) is 12.1 Å². The smallest absolute Gasteiger partial charge is 0.219 e. The van der Waals surface area contributed by atoms with E-state index in [2.05, 4.69) is 25.3 Å². The van der Waals surface area contributed by atoms with Gasteiger partial charge in [0.1, 0.15) is 0 Å². The molecule has 36 heavy (non-hydrogen) atoms. The molecule has 0 radical (unpaired) electrons. The number of sulfonamides is 1. The highest BCUT2D eigenvalue weighted by molar-refractivity contribution is 7.91. The predicted molar refractivity (Wildman–Crippen MR) is 122 cm³/mol. The van der Waals surface area contributed by atoms with Crippen molar-refractivity contribution in [2.24, 2.45) is 0 Å². The number of hydrogen-bond acceptors (Lipinski definition) is 7. The second-order valence-corrected chi connectivity index (χ2v) is 11.2. The largest absolute Gasteiger partial charge is 0.417 e. The summed E-state index contributed by atoms with van der Waals surface area (Å²) in [4.78, 5) is -1.91. The molecule has 188 valence electrons. The number of H-pyrrole nitrogens is 1. The Morgan fingerprint density at radius 2 is 1.56 bits per heavy atom. The van der Waals surface area contributed by atoms with Crippen molar-refractivity contribution in [3.63, 3.8) is 0 Å². The van der Waals surface area contributed by atoms with Gasteiger partial charge in [-0.25, -0.2) is 21.6 Å². The molecule has 1 aromatic heterocycles. The van der Waals surface area contributed by atoms with E-state index < -0.39 is 41.4 Å². The first-order valence-electron chi connectivity index (χ1n) is 10.3. The van der Waals surface area contributed by atoms with Gasteiger partial charge in [0.2, 0.25) is 25.7 Å². The fourth-order valence-electron chi connectivity index (χ4n) is 3.37. The SMILES string of the molecule is O=S(=O)(NCCc1ccc(-c2nn[nH]n2)cc1)c1cc(S(=O)(=O)c2ccccc2)ccc1C(F)(F)F. The van der Waals surface area contributed by atoms with Crippen LogP contribution in [0.15, 0.2) is 87.5 Å². The average molecular weight is 538 g/mol. The third-order valence-electron chi connectivity index (χ3n) is 5.18. The predicted octanol–water partition coefficient (Wildman–Crippen LogP) is 3.24. The molecule has 0 saturated carbocycles. The number of halogens is 3. The Kier molecular flexibility index (Phi) is 6.93. The maximum atomic E-state index is 13.6. The van der Waals surface area contributed by atoms with E-state index in [4.69, 9.17) is 0 Å². The summed E-state index contributed by atoms with van der Waals surface area (Å²) in [6.45, 7) is -0.225. The lowest BCUT2D eigenvalue weighted by atomic mass is 10.1. The van der Waals surface area contributed by atoms with E-state index in [-0.39, 0.29) is 17.9 Å². The van der Waals surface area contributed by atoms with Crippen LogP contribution in [0.25, 0.3) is 11.4 Å². The molecule has 1 heterocycles. The molecule has 3 aromatic carbocycles. The van der Waals surface area contributed by atoms with E-state index in [9.17, 15) is 30.0 Å². The van der Waals surface area contributed by atoms with Crippen LogP contribution in [0, 0.1) is 0 Å². The van der Waals surface area contributed by atoms with Crippen molar-refractivity contribution in [2.45, 2.75) is 27.3 Å². The van der Waals surface area contributed by atoms with E-state index in [1.165, 1.54) is 24.3 Å². The Hall–Kier alpha value is -3.62. The molecule has 9 nitrogen and oxygen atoms in total. The molecule has 14 heteroatoms. The molecule has 0 aliphatic rings. The topological polar surface area (TPSA) is 135 Å². The van der Waals surface area contributed by atoms with E-state index in [0.717, 1.165) is 6.07 Å². The Balaban J connectivity index is 1.58. The molecule has 0 spiro atoms. The van der Waals surface area contributed by atoms with Gasteiger partial charge in [0.25, 0.3) is 0 Å². The number of alkyl halides is 3. The van der Waals surface area contributed by atoms with Crippen LogP contribution in [0.3, 0.4) is 0 Å². The summed E-state index contributed by atoms with van der Waals surface area (Å²) >= 11 is 0. The molecule has 0 bridgehead atoms. The number of tetrazole rings is 1. The lowest BCUT2D eigenvalue weighted by Crippen LogP contribution is -2.28. The quantitative estimate of drug-likeness (QED) is 0.352. The number of benzene rings is 3. The number of nitrogens with zero attached hydrogens (tertiary/aromatic N) is 3. The average Bonchev–Trinajstić information content (AvgIpc) is 3.39. The van der Waals surface area contributed by atoms with Crippen molar-refractivity contribution >= 4 is 19.9 Å². The zero-order valence-electron chi connectivity index (χ0n) is 18.3. The van der Waals surface area contributed by atoms with E-state index in [0.29, 0.717) is 29.1 Å². The number of nitrogens with one attached hydrogen (secondary N) is 2. The van der Waals surface area contributed by atoms with Crippen LogP contribution in [-0.2, 0) is 32.5 Å². The molecular formula is C22H18F3N5O4S2. The van der Waals surface area contributed by atoms with Crippen molar-refractivity contribution in [3.8, 4) is 11.4 Å². The molecule has 4 rings (SSSR count). The fourth-order valence-corrected chi connectivity index (χ4v) is 6.04. The first kappa shape index (κ1) is 25.5. The van der Waals surface area contributed by atoms with Gasteiger partial charge in [0.05, 0.1) is 20.2 Å². The normalized spacial score (nSPS) is 12.5. The summed E-state index contributed by atoms with van der Waals surface area (Å²) in [7, 11) is -8.97. The number of rotatable bonds is 8. The fraction of sp³-hybridized carbons (Fsp3) is 0.136. The molecule has 0 aliphatic heterocycles. The highest BCUT2D eigenvalue weighted by Crippen LogP contribution is 2.36. The Morgan fingerprint density at radius 1 is 0.861 bits per heavy atom. The molecule has 4 aromatic rings. The summed E-state index contributed by atoms with van der Waals surface area (Å²) in [5.74, 6) is 0.368. The van der Waals surface area contributed by atoms with Crippen LogP contribution in [0.4, 0.5) is 13.2 Å². The first-order valence-corrected chi connectivity index (χ1v) is 13.3. The van der Waals surface area contributed by atoms with Crippen LogP contribution in [0.5, 0.6) is 0 Å². The molecule has 0 amide bonds. The summed E-state index contributed by atoms with van der Waals surface area (Å²) in [6, 6.07) is 15.5. The first-order chi connectivity index (χ1) is 17.0. The van der Waals surface area contributed by atoms with E-state index in [1.807, 2.05) is 0 Å². The molecule has 0 atom stereocenters. The number of hydrogen-bond donors (Lipinski definition) is 2. The van der Waals surface area contributed by atoms with Crippen LogP contribution in [0.2, 0.25) is 0 Å². The van der Waals surface area contributed by atoms with Gasteiger partial charge >= 0.3 is 6.18 Å². The van der Waals surface area contributed by atoms with Crippen LogP contribution >= 0.6 is 0 Å². The Labute approximate surface area is 204 Å². The van der Waals surface area contributed by atoms with Gasteiger partial charge in [-0.3, -0.25) is 0 Å². The van der Waals surface area contributed by atoms with Gasteiger partial charge in [-0.05, 0) is 47.5 Å². The molecule has 0 unspecified atom stereocenters. The third kappa shape index (κ3) is 5.45. The van der Waals surface area contributed by atoms with E-state index in [1.54, 1.807) is 30.3 Å². The maximum Gasteiger partial charge on any atom is 0.417 e. The lowest BCUT2D eigenvalue weighted by Gasteiger charge is -2.16. The second kappa shape index (κ2) is 9.79. The summed E-state index contributed by atoms with van der Waals surface area (Å²) in [6.07, 6.45) is -4.86. The maximum absolute atomic E-state index is 13.6. The Bertz CT molecular complexity index is 1560. The highest BCUT2D eigenvalue weighted by Gasteiger charge is 2.38. The van der Waals surface area contributed by atoms with Crippen LogP contribution in [-0.4, -0.2) is 44.0 Å². The van der Waals surface area contributed by atoms with Crippen molar-refractivity contribution in [3.05, 3.63) is 83.9 Å². The monoisotopic (exact) mass is 537 g/mol. The standard InChI is InChI=1S/C22H18F3N5O4S2/c23-22(24,25)19-11-10-18(35(31,32)17-4-2-1-3-5-17)14-20(19)36(33,34)26-13-12-15-6-8-16(9-7-15)21-27-29-30-28-21/h1-11,14,26H,12-13H2,(H,27,28,29,30). The lowest BCUT2D eigenvalue weighted by molar-refractivity contribution is -0.139. The second-order valence-electron chi connectivity index (χ2n) is 7.55. The molecular weight excluding hydrogens is 519 g/mol. The molecule has 2 N–H and O–H groups in total. The minimum atomic E-state index is -5.02.